The van der Waals surface area contributed by atoms with Gasteiger partial charge in [0.05, 0.1) is 35.2 Å². The van der Waals surface area contributed by atoms with Crippen LogP contribution in [0.3, 0.4) is 0 Å². The summed E-state index contributed by atoms with van der Waals surface area (Å²) < 4.78 is 41.1. The molecule has 3 aromatic carbocycles. The maximum absolute atomic E-state index is 10.2. The molecule has 0 aromatic heterocycles. The van der Waals surface area contributed by atoms with Crippen LogP contribution in [0.1, 0.15) is 51.0 Å². The highest BCUT2D eigenvalue weighted by Crippen LogP contribution is 2.33. The van der Waals surface area contributed by atoms with Crippen molar-refractivity contribution >= 4 is 21.0 Å². The van der Waals surface area contributed by atoms with Gasteiger partial charge in [-0.25, -0.2) is 8.42 Å². The van der Waals surface area contributed by atoms with E-state index in [0.29, 0.717) is 6.42 Å². The smallest absolute Gasteiger partial charge is 0.166 e. The fraction of sp³-hybridized carbons (Fsp3) is 0.379. The van der Waals surface area contributed by atoms with Crippen molar-refractivity contribution in [3.63, 3.8) is 0 Å². The van der Waals surface area contributed by atoms with Gasteiger partial charge in [0.25, 0.3) is 0 Å². The molecule has 0 N–H and O–H groups in total. The highest BCUT2D eigenvalue weighted by Gasteiger charge is 2.28. The highest BCUT2D eigenvalue weighted by molar-refractivity contribution is 7.97. The molecule has 0 atom stereocenters. The van der Waals surface area contributed by atoms with Gasteiger partial charge < -0.3 is 14.0 Å². The standard InChI is InChI=1S/C21H21O2S.C8H18O3S/c1-16-4-10-19(11-5-16)24(20-12-6-17(22-2)7-13-20)21-14-8-18(23-3)9-15-21;1-2-3-4-5-6-7-8-12(9,10)11/h4-15H,1-3H3;2-8H2,1H3,(H,9,10,11)/q+1;/p-1. The van der Waals surface area contributed by atoms with Crippen molar-refractivity contribution in [2.24, 2.45) is 0 Å². The summed E-state index contributed by atoms with van der Waals surface area (Å²) in [5, 5.41) is 0. The molecule has 3 rings (SSSR count). The summed E-state index contributed by atoms with van der Waals surface area (Å²) in [5.41, 5.74) is 1.27. The third-order valence-electron chi connectivity index (χ3n) is 5.59. The van der Waals surface area contributed by atoms with E-state index in [9.17, 15) is 13.0 Å². The molecule has 196 valence electrons. The van der Waals surface area contributed by atoms with Gasteiger partial charge in [-0.15, -0.1) is 0 Å². The molecule has 3 aromatic rings. The van der Waals surface area contributed by atoms with Gasteiger partial charge in [-0.05, 0) is 74.0 Å². The first-order chi connectivity index (χ1) is 17.3. The van der Waals surface area contributed by atoms with Crippen LogP contribution in [0.15, 0.2) is 87.5 Å². The van der Waals surface area contributed by atoms with E-state index < -0.39 is 10.1 Å². The third-order valence-corrected chi connectivity index (χ3v) is 8.61. The summed E-state index contributed by atoms with van der Waals surface area (Å²) in [4.78, 5) is 3.84. The molecule has 36 heavy (non-hydrogen) atoms. The Bertz CT molecular complexity index is 1060. The average molecular weight is 531 g/mol. The Balaban J connectivity index is 0.000000324. The molecule has 5 nitrogen and oxygen atoms in total. The van der Waals surface area contributed by atoms with Gasteiger partial charge >= 0.3 is 0 Å². The SMILES string of the molecule is CCCCCCCCS(=O)(=O)[O-].COc1ccc([S+](c2ccc(C)cc2)c2ccc(OC)cc2)cc1. The predicted octanol–water partition coefficient (Wildman–Crippen LogP) is 7.00. The molecule has 0 aliphatic rings. The fourth-order valence-electron chi connectivity index (χ4n) is 3.57. The maximum Gasteiger partial charge on any atom is 0.166 e. The van der Waals surface area contributed by atoms with E-state index in [1.54, 1.807) is 14.2 Å². The first-order valence-corrected chi connectivity index (χ1v) is 15.1. The van der Waals surface area contributed by atoms with E-state index in [-0.39, 0.29) is 16.6 Å². The molecule has 0 unspecified atom stereocenters. The van der Waals surface area contributed by atoms with Gasteiger partial charge in [0.15, 0.2) is 14.7 Å². The first kappa shape index (κ1) is 29.7. The van der Waals surface area contributed by atoms with Crippen LogP contribution < -0.4 is 9.47 Å². The lowest BCUT2D eigenvalue weighted by Crippen LogP contribution is -2.05. The summed E-state index contributed by atoms with van der Waals surface area (Å²) in [7, 11) is -0.736. The number of unbranched alkanes of at least 4 members (excludes halogenated alkanes) is 5. The molecule has 0 spiro atoms. The Morgan fingerprint density at radius 3 is 1.44 bits per heavy atom. The first-order valence-electron chi connectivity index (χ1n) is 12.3. The Morgan fingerprint density at radius 2 is 1.06 bits per heavy atom. The molecule has 0 fully saturated rings. The highest BCUT2D eigenvalue weighted by atomic mass is 32.2. The Hall–Kier alpha value is -2.48. The van der Waals surface area contributed by atoms with Crippen LogP contribution in [-0.2, 0) is 21.0 Å². The van der Waals surface area contributed by atoms with E-state index in [4.69, 9.17) is 9.47 Å². The van der Waals surface area contributed by atoms with Gasteiger partial charge in [-0.2, -0.15) is 0 Å². The molecule has 0 bridgehead atoms. The zero-order valence-corrected chi connectivity index (χ0v) is 23.4. The molecule has 0 saturated carbocycles. The van der Waals surface area contributed by atoms with Crippen molar-refractivity contribution in [3.05, 3.63) is 78.4 Å². The van der Waals surface area contributed by atoms with Crippen LogP contribution in [0.25, 0.3) is 0 Å². The second kappa shape index (κ2) is 15.6. The molecule has 0 aliphatic carbocycles. The Morgan fingerprint density at radius 1 is 0.667 bits per heavy atom. The van der Waals surface area contributed by atoms with Crippen molar-refractivity contribution in [1.29, 1.82) is 0 Å². The number of methoxy groups -OCH3 is 2. The second-order valence-electron chi connectivity index (χ2n) is 8.50. The van der Waals surface area contributed by atoms with Crippen LogP contribution in [0.4, 0.5) is 0 Å². The quantitative estimate of drug-likeness (QED) is 0.143. The van der Waals surface area contributed by atoms with E-state index in [1.165, 1.54) is 33.1 Å². The number of hydrogen-bond donors (Lipinski definition) is 0. The van der Waals surface area contributed by atoms with Gasteiger partial charge in [-0.3, -0.25) is 0 Å². The lowest BCUT2D eigenvalue weighted by molar-refractivity contribution is 0.414. The zero-order chi connectivity index (χ0) is 26.4. The molecular weight excluding hydrogens is 492 g/mol. The van der Waals surface area contributed by atoms with Gasteiger partial charge in [0.2, 0.25) is 0 Å². The summed E-state index contributed by atoms with van der Waals surface area (Å²) in [6.45, 7) is 4.24. The van der Waals surface area contributed by atoms with Crippen molar-refractivity contribution in [3.8, 4) is 11.5 Å². The summed E-state index contributed by atoms with van der Waals surface area (Å²) >= 11 is 0. The largest absolute Gasteiger partial charge is 0.748 e. The lowest BCUT2D eigenvalue weighted by atomic mass is 10.1. The topological polar surface area (TPSA) is 75.7 Å². The third kappa shape index (κ3) is 10.6. The Kier molecular flexibility index (Phi) is 12.9. The molecule has 0 heterocycles. The zero-order valence-electron chi connectivity index (χ0n) is 21.7. The van der Waals surface area contributed by atoms with E-state index in [1.807, 2.05) is 24.3 Å². The van der Waals surface area contributed by atoms with E-state index >= 15 is 0 Å². The van der Waals surface area contributed by atoms with Crippen LogP contribution in [0.2, 0.25) is 0 Å². The fourth-order valence-corrected chi connectivity index (χ4v) is 6.16. The van der Waals surface area contributed by atoms with Crippen molar-refractivity contribution in [1.82, 2.24) is 0 Å². The molecular formula is C29H38O5S2. The van der Waals surface area contributed by atoms with Crippen molar-refractivity contribution < 1.29 is 22.4 Å². The van der Waals surface area contributed by atoms with E-state index in [2.05, 4.69) is 62.4 Å². The molecule has 0 radical (unpaired) electrons. The lowest BCUT2D eigenvalue weighted by Gasteiger charge is -2.09. The van der Waals surface area contributed by atoms with Crippen LogP contribution in [0.5, 0.6) is 11.5 Å². The van der Waals surface area contributed by atoms with Gasteiger partial charge in [0.1, 0.15) is 11.5 Å². The minimum atomic E-state index is -3.97. The summed E-state index contributed by atoms with van der Waals surface area (Å²) in [6.07, 6.45) is 5.96. The maximum atomic E-state index is 10.2. The number of ether oxygens (including phenoxy) is 2. The molecule has 7 heteroatoms. The summed E-state index contributed by atoms with van der Waals surface area (Å²) in [6, 6.07) is 25.4. The normalized spacial score (nSPS) is 11.1. The number of benzene rings is 3. The number of aryl methyl sites for hydroxylation is 1. The molecule has 0 aliphatic heterocycles. The van der Waals surface area contributed by atoms with Crippen molar-refractivity contribution in [2.45, 2.75) is 67.1 Å². The minimum Gasteiger partial charge on any atom is -0.748 e. The molecule has 0 amide bonds. The van der Waals surface area contributed by atoms with Gasteiger partial charge in [-0.1, -0.05) is 56.7 Å². The van der Waals surface area contributed by atoms with Crippen LogP contribution >= 0.6 is 0 Å². The average Bonchev–Trinajstić information content (AvgIpc) is 2.88. The van der Waals surface area contributed by atoms with Gasteiger partial charge in [0, 0.05) is 5.75 Å². The second-order valence-corrected chi connectivity index (χ2v) is 12.1. The number of rotatable bonds is 12. The number of hydrogen-bond acceptors (Lipinski definition) is 5. The minimum absolute atomic E-state index is 0.155. The molecule has 0 saturated heterocycles. The van der Waals surface area contributed by atoms with Crippen molar-refractivity contribution in [2.75, 3.05) is 20.0 Å². The monoisotopic (exact) mass is 530 g/mol. The van der Waals surface area contributed by atoms with E-state index in [0.717, 1.165) is 30.8 Å². The van der Waals surface area contributed by atoms with Crippen LogP contribution in [0, 0.1) is 6.92 Å². The summed E-state index contributed by atoms with van der Waals surface area (Å²) in [5.74, 6) is 1.56. The van der Waals surface area contributed by atoms with Crippen LogP contribution in [-0.4, -0.2) is 32.9 Å². The predicted molar refractivity (Wildman–Crippen MR) is 147 cm³/mol. The Labute approximate surface area is 220 Å².